The summed E-state index contributed by atoms with van der Waals surface area (Å²) >= 11 is 0. The van der Waals surface area contributed by atoms with Crippen LogP contribution in [0.15, 0.2) is 24.3 Å². The number of β-amino-alcohol motifs (C(OH)–C–C–N with tert-alkyl or cyclic N) is 1. The van der Waals surface area contributed by atoms with Gasteiger partial charge < -0.3 is 20.0 Å². The van der Waals surface area contributed by atoms with E-state index < -0.39 is 5.60 Å². The topological polar surface area (TPSA) is 64.0 Å². The third-order valence-corrected chi connectivity index (χ3v) is 5.25. The minimum atomic E-state index is -0.662. The van der Waals surface area contributed by atoms with E-state index in [4.69, 9.17) is 0 Å². The zero-order valence-corrected chi connectivity index (χ0v) is 14.3. The van der Waals surface area contributed by atoms with Gasteiger partial charge in [-0.2, -0.15) is 0 Å². The molecule has 2 saturated heterocycles. The van der Waals surface area contributed by atoms with E-state index in [9.17, 15) is 15.0 Å². The third-order valence-electron chi connectivity index (χ3n) is 5.25. The summed E-state index contributed by atoms with van der Waals surface area (Å²) < 4.78 is 0. The number of carbonyl (C=O) groups is 1. The molecule has 0 bridgehead atoms. The zero-order valence-electron chi connectivity index (χ0n) is 14.3. The highest BCUT2D eigenvalue weighted by molar-refractivity contribution is 5.78. The predicted molar refractivity (Wildman–Crippen MR) is 92.9 cm³/mol. The first-order chi connectivity index (χ1) is 11.5. The maximum absolute atomic E-state index is 12.5. The Kier molecular flexibility index (Phi) is 5.41. The van der Waals surface area contributed by atoms with Gasteiger partial charge in [0.2, 0.25) is 5.91 Å². The third kappa shape index (κ3) is 4.48. The van der Waals surface area contributed by atoms with E-state index in [2.05, 4.69) is 4.90 Å². The van der Waals surface area contributed by atoms with Crippen molar-refractivity contribution < 1.29 is 15.0 Å². The van der Waals surface area contributed by atoms with Crippen LogP contribution < -0.4 is 0 Å². The number of phenols is 1. The van der Waals surface area contributed by atoms with E-state index in [1.54, 1.807) is 18.2 Å². The number of hydrogen-bond donors (Lipinski definition) is 2. The standard InChI is InChI=1S/C19H28N2O3/c22-17-6-3-5-16(13-17)14-18(23)21-11-4-7-19(24,8-12-21)15-20-9-1-2-10-20/h3,5-6,13,22,24H,1-2,4,7-12,14-15H2/t19-/m0/s1. The smallest absolute Gasteiger partial charge is 0.226 e. The molecule has 132 valence electrons. The summed E-state index contributed by atoms with van der Waals surface area (Å²) in [5.74, 6) is 0.266. The van der Waals surface area contributed by atoms with Crippen LogP contribution in [-0.4, -0.2) is 64.2 Å². The fourth-order valence-electron chi connectivity index (χ4n) is 3.90. The van der Waals surface area contributed by atoms with Crippen LogP contribution in [-0.2, 0) is 11.2 Å². The number of benzene rings is 1. The number of hydrogen-bond acceptors (Lipinski definition) is 4. The Morgan fingerprint density at radius 3 is 2.62 bits per heavy atom. The van der Waals surface area contributed by atoms with Crippen molar-refractivity contribution >= 4 is 5.91 Å². The van der Waals surface area contributed by atoms with E-state index in [1.165, 1.54) is 12.8 Å². The molecule has 2 fully saturated rings. The van der Waals surface area contributed by atoms with Crippen molar-refractivity contribution in [3.63, 3.8) is 0 Å². The second kappa shape index (κ2) is 7.53. The Morgan fingerprint density at radius 2 is 1.88 bits per heavy atom. The van der Waals surface area contributed by atoms with Gasteiger partial charge in [-0.1, -0.05) is 12.1 Å². The van der Waals surface area contributed by atoms with Crippen LogP contribution in [0.3, 0.4) is 0 Å². The van der Waals surface area contributed by atoms with Crippen molar-refractivity contribution in [2.45, 2.75) is 44.1 Å². The number of nitrogens with zero attached hydrogens (tertiary/aromatic N) is 2. The number of carbonyl (C=O) groups excluding carboxylic acids is 1. The van der Waals surface area contributed by atoms with Gasteiger partial charge in [-0.15, -0.1) is 0 Å². The number of rotatable bonds is 4. The average Bonchev–Trinajstić information content (AvgIpc) is 2.95. The van der Waals surface area contributed by atoms with Crippen LogP contribution in [0.2, 0.25) is 0 Å². The van der Waals surface area contributed by atoms with Crippen molar-refractivity contribution in [2.75, 3.05) is 32.7 Å². The largest absolute Gasteiger partial charge is 0.508 e. The van der Waals surface area contributed by atoms with Crippen LogP contribution in [0.25, 0.3) is 0 Å². The molecule has 2 heterocycles. The molecule has 0 aliphatic carbocycles. The quantitative estimate of drug-likeness (QED) is 0.882. The molecule has 0 unspecified atom stereocenters. The van der Waals surface area contributed by atoms with Gasteiger partial charge in [-0.3, -0.25) is 4.79 Å². The first-order valence-corrected chi connectivity index (χ1v) is 9.05. The minimum absolute atomic E-state index is 0.0750. The SMILES string of the molecule is O=C(Cc1cccc(O)c1)N1CCC[C@@](O)(CN2CCCC2)CC1. The predicted octanol–water partition coefficient (Wildman–Crippen LogP) is 1.77. The Morgan fingerprint density at radius 1 is 1.08 bits per heavy atom. The van der Waals surface area contributed by atoms with Crippen LogP contribution in [0, 0.1) is 0 Å². The van der Waals surface area contributed by atoms with Crippen LogP contribution in [0.5, 0.6) is 5.75 Å². The van der Waals surface area contributed by atoms with Gasteiger partial charge in [0.15, 0.2) is 0 Å². The maximum Gasteiger partial charge on any atom is 0.226 e. The number of likely N-dealkylation sites (tertiary alicyclic amines) is 2. The molecule has 1 amide bonds. The summed E-state index contributed by atoms with van der Waals surface area (Å²) in [7, 11) is 0. The lowest BCUT2D eigenvalue weighted by atomic mass is 9.94. The molecule has 0 saturated carbocycles. The van der Waals surface area contributed by atoms with E-state index in [1.807, 2.05) is 11.0 Å². The molecular formula is C19H28N2O3. The van der Waals surface area contributed by atoms with Gasteiger partial charge in [-0.05, 0) is 62.9 Å². The summed E-state index contributed by atoms with van der Waals surface area (Å²) in [4.78, 5) is 16.8. The van der Waals surface area contributed by atoms with Crippen molar-refractivity contribution in [3.05, 3.63) is 29.8 Å². The molecule has 1 atom stereocenters. The summed E-state index contributed by atoms with van der Waals surface area (Å²) in [5.41, 5.74) is 0.168. The Labute approximate surface area is 143 Å². The number of aliphatic hydroxyl groups is 1. The lowest BCUT2D eigenvalue weighted by Gasteiger charge is -2.31. The highest BCUT2D eigenvalue weighted by Crippen LogP contribution is 2.25. The van der Waals surface area contributed by atoms with Gasteiger partial charge in [0, 0.05) is 19.6 Å². The maximum atomic E-state index is 12.5. The average molecular weight is 332 g/mol. The molecule has 1 aromatic carbocycles. The van der Waals surface area contributed by atoms with E-state index >= 15 is 0 Å². The van der Waals surface area contributed by atoms with Crippen molar-refractivity contribution in [3.8, 4) is 5.75 Å². The van der Waals surface area contributed by atoms with Crippen molar-refractivity contribution in [2.24, 2.45) is 0 Å². The molecule has 3 rings (SSSR count). The molecule has 5 nitrogen and oxygen atoms in total. The number of aromatic hydroxyl groups is 1. The highest BCUT2D eigenvalue weighted by atomic mass is 16.3. The highest BCUT2D eigenvalue weighted by Gasteiger charge is 2.33. The van der Waals surface area contributed by atoms with Crippen molar-refractivity contribution in [1.29, 1.82) is 0 Å². The fraction of sp³-hybridized carbons (Fsp3) is 0.632. The Bertz CT molecular complexity index is 571. The van der Waals surface area contributed by atoms with Crippen LogP contribution in [0.4, 0.5) is 0 Å². The molecule has 0 aromatic heterocycles. The van der Waals surface area contributed by atoms with Gasteiger partial charge in [0.05, 0.1) is 12.0 Å². The van der Waals surface area contributed by atoms with Gasteiger partial charge >= 0.3 is 0 Å². The summed E-state index contributed by atoms with van der Waals surface area (Å²) in [6.07, 6.45) is 5.01. The zero-order chi connectivity index (χ0) is 17.0. The van der Waals surface area contributed by atoms with Gasteiger partial charge in [0.25, 0.3) is 0 Å². The Hall–Kier alpha value is -1.59. The van der Waals surface area contributed by atoms with Crippen molar-refractivity contribution in [1.82, 2.24) is 9.80 Å². The molecule has 5 heteroatoms. The van der Waals surface area contributed by atoms with E-state index in [0.717, 1.165) is 38.0 Å². The number of phenolic OH excluding ortho intramolecular Hbond substituents is 1. The summed E-state index contributed by atoms with van der Waals surface area (Å²) in [6.45, 7) is 4.23. The second-order valence-corrected chi connectivity index (χ2v) is 7.29. The molecule has 2 N–H and O–H groups in total. The fourth-order valence-corrected chi connectivity index (χ4v) is 3.90. The van der Waals surface area contributed by atoms with Crippen LogP contribution in [0.1, 0.15) is 37.7 Å². The second-order valence-electron chi connectivity index (χ2n) is 7.29. The molecule has 24 heavy (non-hydrogen) atoms. The molecule has 0 radical (unpaired) electrons. The lowest BCUT2D eigenvalue weighted by Crippen LogP contribution is -2.43. The van der Waals surface area contributed by atoms with Crippen LogP contribution >= 0.6 is 0 Å². The first-order valence-electron chi connectivity index (χ1n) is 9.05. The first kappa shape index (κ1) is 17.2. The van der Waals surface area contributed by atoms with Gasteiger partial charge in [-0.25, -0.2) is 0 Å². The summed E-state index contributed by atoms with van der Waals surface area (Å²) in [5, 5.41) is 20.4. The Balaban J connectivity index is 1.55. The lowest BCUT2D eigenvalue weighted by molar-refractivity contribution is -0.130. The molecular weight excluding hydrogens is 304 g/mol. The van der Waals surface area contributed by atoms with E-state index in [0.29, 0.717) is 25.9 Å². The normalized spacial score (nSPS) is 25.6. The molecule has 2 aliphatic heterocycles. The van der Waals surface area contributed by atoms with E-state index in [-0.39, 0.29) is 11.7 Å². The monoisotopic (exact) mass is 332 g/mol. The molecule has 2 aliphatic rings. The van der Waals surface area contributed by atoms with Gasteiger partial charge in [0.1, 0.15) is 5.75 Å². The molecule has 1 aromatic rings. The molecule has 0 spiro atoms. The minimum Gasteiger partial charge on any atom is -0.508 e. The summed E-state index contributed by atoms with van der Waals surface area (Å²) in [6, 6.07) is 6.87. The number of amides is 1.